The highest BCUT2D eigenvalue weighted by molar-refractivity contribution is 9.10. The zero-order chi connectivity index (χ0) is 13.8. The molecule has 0 saturated heterocycles. The molecule has 0 bridgehead atoms. The minimum atomic E-state index is -1.11. The molecule has 0 saturated carbocycles. The Kier molecular flexibility index (Phi) is 3.88. The summed E-state index contributed by atoms with van der Waals surface area (Å²) < 4.78 is 5.96. The Morgan fingerprint density at radius 1 is 1.42 bits per heavy atom. The topological polar surface area (TPSA) is 86.3 Å². The van der Waals surface area contributed by atoms with Gasteiger partial charge in [-0.3, -0.25) is 0 Å². The fraction of sp³-hybridized carbons (Fsp3) is 0.0769. The Bertz CT molecular complexity index is 658. The average Bonchev–Trinajstić information content (AvgIpc) is 2.85. The largest absolute Gasteiger partial charge is 0.475 e. The van der Waals surface area contributed by atoms with Gasteiger partial charge in [-0.25, -0.2) is 4.79 Å². The molecule has 19 heavy (non-hydrogen) atoms. The van der Waals surface area contributed by atoms with Gasteiger partial charge in [-0.05, 0) is 30.3 Å². The molecule has 0 aliphatic carbocycles. The molecule has 0 aliphatic rings. The van der Waals surface area contributed by atoms with Gasteiger partial charge in [-0.15, -0.1) is 0 Å². The summed E-state index contributed by atoms with van der Waals surface area (Å²) in [6, 6.07) is 10.3. The van der Waals surface area contributed by atoms with E-state index in [4.69, 9.17) is 14.8 Å². The van der Waals surface area contributed by atoms with Crippen molar-refractivity contribution in [3.8, 4) is 6.07 Å². The molecule has 1 aromatic heterocycles. The van der Waals surface area contributed by atoms with Crippen molar-refractivity contribution in [1.82, 2.24) is 0 Å². The molecule has 0 atom stereocenters. The first-order valence-electron chi connectivity index (χ1n) is 5.35. The van der Waals surface area contributed by atoms with Crippen LogP contribution in [0.5, 0.6) is 0 Å². The molecule has 0 aliphatic heterocycles. The predicted octanol–water partition coefficient (Wildman–Crippen LogP) is 3.22. The van der Waals surface area contributed by atoms with E-state index in [0.29, 0.717) is 23.6 Å². The fourth-order valence-electron chi connectivity index (χ4n) is 1.53. The fourth-order valence-corrected chi connectivity index (χ4v) is 1.89. The van der Waals surface area contributed by atoms with Crippen molar-refractivity contribution in [3.05, 3.63) is 51.9 Å². The summed E-state index contributed by atoms with van der Waals surface area (Å²) >= 11 is 3.32. The molecule has 2 aromatic rings. The van der Waals surface area contributed by atoms with Gasteiger partial charge in [-0.2, -0.15) is 5.26 Å². The lowest BCUT2D eigenvalue weighted by molar-refractivity contribution is 0.0660. The third-order valence-corrected chi connectivity index (χ3v) is 2.92. The van der Waals surface area contributed by atoms with Crippen LogP contribution in [0.1, 0.15) is 21.9 Å². The number of aromatic carboxylic acids is 1. The number of rotatable bonds is 4. The van der Waals surface area contributed by atoms with Gasteiger partial charge in [0.25, 0.3) is 0 Å². The molecule has 2 N–H and O–H groups in total. The van der Waals surface area contributed by atoms with Gasteiger partial charge in [0.2, 0.25) is 5.76 Å². The van der Waals surface area contributed by atoms with Crippen molar-refractivity contribution in [2.75, 3.05) is 5.32 Å². The summed E-state index contributed by atoms with van der Waals surface area (Å²) in [7, 11) is 0. The number of halogens is 1. The molecule has 0 spiro atoms. The van der Waals surface area contributed by atoms with Gasteiger partial charge in [0.1, 0.15) is 11.8 Å². The van der Waals surface area contributed by atoms with Crippen LogP contribution in [-0.4, -0.2) is 11.1 Å². The smallest absolute Gasteiger partial charge is 0.371 e. The molecule has 96 valence electrons. The summed E-state index contributed by atoms with van der Waals surface area (Å²) in [5, 5.41) is 20.7. The number of carboxylic acid groups (broad SMARTS) is 1. The van der Waals surface area contributed by atoms with Gasteiger partial charge < -0.3 is 14.8 Å². The maximum Gasteiger partial charge on any atom is 0.371 e. The molecule has 0 radical (unpaired) electrons. The third kappa shape index (κ3) is 3.14. The molecule has 5 nitrogen and oxygen atoms in total. The molecule has 0 unspecified atom stereocenters. The van der Waals surface area contributed by atoms with Gasteiger partial charge in [0.05, 0.1) is 17.8 Å². The van der Waals surface area contributed by atoms with E-state index in [9.17, 15) is 4.79 Å². The number of nitriles is 1. The average molecular weight is 321 g/mol. The summed E-state index contributed by atoms with van der Waals surface area (Å²) in [5.41, 5.74) is 1.17. The predicted molar refractivity (Wildman–Crippen MR) is 71.9 cm³/mol. The number of furan rings is 1. The van der Waals surface area contributed by atoms with Gasteiger partial charge >= 0.3 is 5.97 Å². The van der Waals surface area contributed by atoms with Crippen LogP contribution in [0.3, 0.4) is 0 Å². The number of carboxylic acids is 1. The van der Waals surface area contributed by atoms with Crippen molar-refractivity contribution in [2.24, 2.45) is 0 Å². The van der Waals surface area contributed by atoms with E-state index in [0.717, 1.165) is 4.47 Å². The van der Waals surface area contributed by atoms with Crippen LogP contribution >= 0.6 is 15.9 Å². The number of nitrogens with one attached hydrogen (secondary N) is 1. The Morgan fingerprint density at radius 3 is 2.84 bits per heavy atom. The molecule has 0 fully saturated rings. The van der Waals surface area contributed by atoms with Gasteiger partial charge in [0.15, 0.2) is 0 Å². The van der Waals surface area contributed by atoms with Crippen LogP contribution in [0.25, 0.3) is 0 Å². The molecular formula is C13H9BrN2O3. The van der Waals surface area contributed by atoms with Crippen molar-refractivity contribution in [3.63, 3.8) is 0 Å². The first-order valence-corrected chi connectivity index (χ1v) is 6.15. The summed E-state index contributed by atoms with van der Waals surface area (Å²) in [4.78, 5) is 10.7. The first kappa shape index (κ1) is 13.2. The summed E-state index contributed by atoms with van der Waals surface area (Å²) in [5.74, 6) is -0.723. The van der Waals surface area contributed by atoms with Crippen molar-refractivity contribution in [2.45, 2.75) is 6.54 Å². The highest BCUT2D eigenvalue weighted by Crippen LogP contribution is 2.21. The molecular weight excluding hydrogens is 312 g/mol. The second-order valence-electron chi connectivity index (χ2n) is 3.73. The second-order valence-corrected chi connectivity index (χ2v) is 4.64. The SMILES string of the molecule is N#Cc1ccc(Br)cc1NCc1ccc(C(=O)O)o1. The zero-order valence-corrected chi connectivity index (χ0v) is 11.3. The van der Waals surface area contributed by atoms with Crippen molar-refractivity contribution in [1.29, 1.82) is 5.26 Å². The van der Waals surface area contributed by atoms with Crippen LogP contribution in [0, 0.1) is 11.3 Å². The van der Waals surface area contributed by atoms with E-state index in [1.165, 1.54) is 6.07 Å². The van der Waals surface area contributed by atoms with Gasteiger partial charge in [-0.1, -0.05) is 15.9 Å². The maximum absolute atomic E-state index is 10.7. The van der Waals surface area contributed by atoms with Crippen molar-refractivity contribution < 1.29 is 14.3 Å². The third-order valence-electron chi connectivity index (χ3n) is 2.43. The minimum absolute atomic E-state index is 0.105. The number of hydrogen-bond donors (Lipinski definition) is 2. The van der Waals surface area contributed by atoms with E-state index in [1.807, 2.05) is 0 Å². The zero-order valence-electron chi connectivity index (χ0n) is 9.68. The number of benzene rings is 1. The van der Waals surface area contributed by atoms with E-state index in [-0.39, 0.29) is 5.76 Å². The normalized spacial score (nSPS) is 9.89. The Morgan fingerprint density at radius 2 is 2.21 bits per heavy atom. The summed E-state index contributed by atoms with van der Waals surface area (Å²) in [6.07, 6.45) is 0. The van der Waals surface area contributed by atoms with Crippen LogP contribution in [0.15, 0.2) is 39.2 Å². The summed E-state index contributed by atoms with van der Waals surface area (Å²) in [6.45, 7) is 0.304. The molecule has 1 aromatic carbocycles. The lowest BCUT2D eigenvalue weighted by Crippen LogP contribution is -2.00. The number of hydrogen-bond acceptors (Lipinski definition) is 4. The van der Waals surface area contributed by atoms with E-state index >= 15 is 0 Å². The molecule has 0 amide bonds. The van der Waals surface area contributed by atoms with Crippen LogP contribution in [0.4, 0.5) is 5.69 Å². The minimum Gasteiger partial charge on any atom is -0.475 e. The van der Waals surface area contributed by atoms with E-state index in [1.54, 1.807) is 24.3 Å². The Hall–Kier alpha value is -2.26. The van der Waals surface area contributed by atoms with Gasteiger partial charge in [0, 0.05) is 4.47 Å². The highest BCUT2D eigenvalue weighted by atomic mass is 79.9. The van der Waals surface area contributed by atoms with Crippen LogP contribution in [0.2, 0.25) is 0 Å². The molecule has 1 heterocycles. The van der Waals surface area contributed by atoms with Crippen LogP contribution < -0.4 is 5.32 Å². The molecule has 6 heteroatoms. The highest BCUT2D eigenvalue weighted by Gasteiger charge is 2.09. The monoisotopic (exact) mass is 320 g/mol. The quantitative estimate of drug-likeness (QED) is 0.903. The maximum atomic E-state index is 10.7. The number of nitrogens with zero attached hydrogens (tertiary/aromatic N) is 1. The first-order chi connectivity index (χ1) is 9.10. The second kappa shape index (κ2) is 5.59. The number of carbonyl (C=O) groups is 1. The van der Waals surface area contributed by atoms with Crippen LogP contribution in [-0.2, 0) is 6.54 Å². The molecule has 2 rings (SSSR count). The van der Waals surface area contributed by atoms with Crippen molar-refractivity contribution >= 4 is 27.6 Å². The van der Waals surface area contributed by atoms with E-state index < -0.39 is 5.97 Å². The number of anilines is 1. The Labute approximate surface area is 117 Å². The van der Waals surface area contributed by atoms with E-state index in [2.05, 4.69) is 27.3 Å². The lowest BCUT2D eigenvalue weighted by atomic mass is 10.2. The lowest BCUT2D eigenvalue weighted by Gasteiger charge is -2.06. The standard InChI is InChI=1S/C13H9BrN2O3/c14-9-2-1-8(6-15)11(5-9)16-7-10-3-4-12(19-10)13(17)18/h1-5,16H,7H2,(H,17,18). The Balaban J connectivity index is 2.12.